The molecule has 1 amide bonds. The first-order chi connectivity index (χ1) is 14.4. The Hall–Kier alpha value is -2.58. The Morgan fingerprint density at radius 1 is 1.10 bits per heavy atom. The monoisotopic (exact) mass is 432 g/mol. The molecule has 2 aromatic rings. The summed E-state index contributed by atoms with van der Waals surface area (Å²) < 4.78 is 38.0. The molecule has 1 aliphatic heterocycles. The second-order valence-electron chi connectivity index (χ2n) is 7.38. The van der Waals surface area contributed by atoms with E-state index in [0.29, 0.717) is 31.7 Å². The van der Waals surface area contributed by atoms with Gasteiger partial charge in [-0.2, -0.15) is 4.31 Å². The topological polar surface area (TPSA) is 76.2 Å². The maximum atomic E-state index is 13.0. The van der Waals surface area contributed by atoms with Gasteiger partial charge in [0.05, 0.1) is 25.0 Å². The number of carbonyl (C=O) groups is 1. The third-order valence-corrected chi connectivity index (χ3v) is 7.29. The molecule has 1 heterocycles. The van der Waals surface area contributed by atoms with Gasteiger partial charge in [-0.15, -0.1) is 0 Å². The minimum absolute atomic E-state index is 0.0597. The third-order valence-electron chi connectivity index (χ3n) is 5.41. The van der Waals surface area contributed by atoms with E-state index in [-0.39, 0.29) is 23.3 Å². The Morgan fingerprint density at radius 2 is 1.80 bits per heavy atom. The van der Waals surface area contributed by atoms with Crippen LogP contribution in [0.4, 0.5) is 0 Å². The summed E-state index contributed by atoms with van der Waals surface area (Å²) in [6.07, 6.45) is 1.32. The molecule has 1 fully saturated rings. The van der Waals surface area contributed by atoms with Crippen LogP contribution in [0.1, 0.15) is 18.4 Å². The second kappa shape index (κ2) is 9.49. The third kappa shape index (κ3) is 4.76. The van der Waals surface area contributed by atoms with Crippen LogP contribution >= 0.6 is 0 Å². The number of para-hydroxylation sites is 1. The van der Waals surface area contributed by atoms with Crippen LogP contribution in [0.2, 0.25) is 0 Å². The van der Waals surface area contributed by atoms with Gasteiger partial charge >= 0.3 is 0 Å². The van der Waals surface area contributed by atoms with E-state index in [9.17, 15) is 13.2 Å². The first-order valence-electron chi connectivity index (χ1n) is 9.88. The summed E-state index contributed by atoms with van der Waals surface area (Å²) in [5.41, 5.74) is 0.911. The van der Waals surface area contributed by atoms with Crippen molar-refractivity contribution in [3.8, 4) is 11.5 Å². The first kappa shape index (κ1) is 22.1. The molecule has 0 spiro atoms. The van der Waals surface area contributed by atoms with Gasteiger partial charge in [0, 0.05) is 32.2 Å². The van der Waals surface area contributed by atoms with Crippen LogP contribution in [0.5, 0.6) is 11.5 Å². The minimum Gasteiger partial charge on any atom is -0.497 e. The molecule has 0 bridgehead atoms. The van der Waals surface area contributed by atoms with Gasteiger partial charge in [0.25, 0.3) is 0 Å². The number of amides is 1. The largest absolute Gasteiger partial charge is 0.497 e. The number of piperidine rings is 1. The van der Waals surface area contributed by atoms with Crippen LogP contribution in [0.15, 0.2) is 53.4 Å². The van der Waals surface area contributed by atoms with E-state index in [1.165, 1.54) is 23.5 Å². The Balaban J connectivity index is 1.70. The van der Waals surface area contributed by atoms with Crippen molar-refractivity contribution in [3.05, 3.63) is 54.1 Å². The SMILES string of the molecule is COc1ccc(S(=O)(=O)N2CCC[C@@H](C(=O)N(C)Cc3ccccc3OC)C2)cc1. The van der Waals surface area contributed by atoms with E-state index >= 15 is 0 Å². The fourth-order valence-electron chi connectivity index (χ4n) is 3.74. The molecule has 1 atom stereocenters. The predicted octanol–water partition coefficient (Wildman–Crippen LogP) is 2.76. The Kier molecular flexibility index (Phi) is 6.99. The fraction of sp³-hybridized carbons (Fsp3) is 0.409. The molecule has 0 aromatic heterocycles. The molecule has 0 radical (unpaired) electrons. The lowest BCUT2D eigenvalue weighted by Crippen LogP contribution is -2.45. The zero-order valence-electron chi connectivity index (χ0n) is 17.6. The van der Waals surface area contributed by atoms with Crippen molar-refractivity contribution in [3.63, 3.8) is 0 Å². The van der Waals surface area contributed by atoms with Gasteiger partial charge in [-0.25, -0.2) is 8.42 Å². The van der Waals surface area contributed by atoms with Crippen molar-refractivity contribution in [2.75, 3.05) is 34.4 Å². The number of rotatable bonds is 7. The molecular formula is C22H28N2O5S. The number of methoxy groups -OCH3 is 2. The minimum atomic E-state index is -3.66. The maximum Gasteiger partial charge on any atom is 0.243 e. The number of benzene rings is 2. The number of nitrogens with zero attached hydrogens (tertiary/aromatic N) is 2. The van der Waals surface area contributed by atoms with Gasteiger partial charge in [0.15, 0.2) is 0 Å². The zero-order chi connectivity index (χ0) is 21.7. The number of carbonyl (C=O) groups excluding carboxylic acids is 1. The fourth-order valence-corrected chi connectivity index (χ4v) is 5.26. The quantitative estimate of drug-likeness (QED) is 0.673. The summed E-state index contributed by atoms with van der Waals surface area (Å²) in [7, 11) is 1.21. The Labute approximate surface area is 178 Å². The highest BCUT2D eigenvalue weighted by Gasteiger charge is 2.34. The lowest BCUT2D eigenvalue weighted by molar-refractivity contribution is -0.135. The van der Waals surface area contributed by atoms with Crippen molar-refractivity contribution in [1.29, 1.82) is 0 Å². The Morgan fingerprint density at radius 3 is 2.47 bits per heavy atom. The molecule has 0 unspecified atom stereocenters. The van der Waals surface area contributed by atoms with Gasteiger partial charge in [-0.3, -0.25) is 4.79 Å². The molecule has 30 heavy (non-hydrogen) atoms. The van der Waals surface area contributed by atoms with Gasteiger partial charge in [0.2, 0.25) is 15.9 Å². The average Bonchev–Trinajstić information content (AvgIpc) is 2.79. The molecule has 3 rings (SSSR count). The van der Waals surface area contributed by atoms with E-state index in [1.54, 1.807) is 31.2 Å². The van der Waals surface area contributed by atoms with Crippen molar-refractivity contribution < 1.29 is 22.7 Å². The summed E-state index contributed by atoms with van der Waals surface area (Å²) in [6, 6.07) is 13.9. The highest BCUT2D eigenvalue weighted by molar-refractivity contribution is 7.89. The van der Waals surface area contributed by atoms with Crippen LogP contribution < -0.4 is 9.47 Å². The second-order valence-corrected chi connectivity index (χ2v) is 9.32. The summed E-state index contributed by atoms with van der Waals surface area (Å²) in [4.78, 5) is 14.9. The van der Waals surface area contributed by atoms with Crippen molar-refractivity contribution in [1.82, 2.24) is 9.21 Å². The van der Waals surface area contributed by atoms with E-state index < -0.39 is 10.0 Å². The Bertz CT molecular complexity index is 975. The molecule has 0 aliphatic carbocycles. The van der Waals surface area contributed by atoms with Crippen LogP contribution in [-0.2, 0) is 21.4 Å². The molecular weight excluding hydrogens is 404 g/mol. The first-order valence-corrected chi connectivity index (χ1v) is 11.3. The number of ether oxygens (including phenoxy) is 2. The smallest absolute Gasteiger partial charge is 0.243 e. The van der Waals surface area contributed by atoms with Crippen LogP contribution in [0.25, 0.3) is 0 Å². The maximum absolute atomic E-state index is 13.0. The van der Waals surface area contributed by atoms with Crippen molar-refractivity contribution in [2.24, 2.45) is 5.92 Å². The summed E-state index contributed by atoms with van der Waals surface area (Å²) in [6.45, 7) is 1.00. The molecule has 1 aliphatic rings. The predicted molar refractivity (Wildman–Crippen MR) is 114 cm³/mol. The van der Waals surface area contributed by atoms with Crippen LogP contribution in [0.3, 0.4) is 0 Å². The highest BCUT2D eigenvalue weighted by atomic mass is 32.2. The number of hydrogen-bond acceptors (Lipinski definition) is 5. The average molecular weight is 433 g/mol. The number of sulfonamides is 1. The van der Waals surface area contributed by atoms with Crippen LogP contribution in [0, 0.1) is 5.92 Å². The normalized spacial score (nSPS) is 17.4. The lowest BCUT2D eigenvalue weighted by Gasteiger charge is -2.33. The molecule has 7 nitrogen and oxygen atoms in total. The molecule has 162 valence electrons. The van der Waals surface area contributed by atoms with E-state index in [0.717, 1.165) is 11.3 Å². The van der Waals surface area contributed by atoms with Gasteiger partial charge in [0.1, 0.15) is 11.5 Å². The van der Waals surface area contributed by atoms with Crippen molar-refractivity contribution in [2.45, 2.75) is 24.3 Å². The highest BCUT2D eigenvalue weighted by Crippen LogP contribution is 2.27. The lowest BCUT2D eigenvalue weighted by atomic mass is 9.98. The van der Waals surface area contributed by atoms with Gasteiger partial charge in [-0.1, -0.05) is 18.2 Å². The van der Waals surface area contributed by atoms with Crippen molar-refractivity contribution >= 4 is 15.9 Å². The number of hydrogen-bond donors (Lipinski definition) is 0. The molecule has 8 heteroatoms. The zero-order valence-corrected chi connectivity index (χ0v) is 18.4. The van der Waals surface area contributed by atoms with Crippen LogP contribution in [-0.4, -0.2) is 57.9 Å². The molecule has 0 N–H and O–H groups in total. The summed E-state index contributed by atoms with van der Waals surface area (Å²) in [5.74, 6) is 0.894. The van der Waals surface area contributed by atoms with E-state index in [1.807, 2.05) is 24.3 Å². The summed E-state index contributed by atoms with van der Waals surface area (Å²) in [5, 5.41) is 0. The van der Waals surface area contributed by atoms with E-state index in [4.69, 9.17) is 9.47 Å². The molecule has 0 saturated carbocycles. The standard InChI is InChI=1S/C22H28N2O5S/c1-23(15-17-7-4-5-9-21(17)29-3)22(25)18-8-6-14-24(16-18)30(26,27)20-12-10-19(28-2)11-13-20/h4-5,7,9-13,18H,6,8,14-16H2,1-3H3/t18-/m1/s1. The summed E-state index contributed by atoms with van der Waals surface area (Å²) >= 11 is 0. The van der Waals surface area contributed by atoms with E-state index in [2.05, 4.69) is 0 Å². The van der Waals surface area contributed by atoms with Gasteiger partial charge < -0.3 is 14.4 Å². The molecule has 2 aromatic carbocycles. The van der Waals surface area contributed by atoms with Gasteiger partial charge in [-0.05, 0) is 43.2 Å². The molecule has 1 saturated heterocycles.